The number of H-pyrrole nitrogens is 1. The van der Waals surface area contributed by atoms with Crippen LogP contribution in [0.1, 0.15) is 37.1 Å². The Bertz CT molecular complexity index is 743. The van der Waals surface area contributed by atoms with Crippen molar-refractivity contribution in [3.8, 4) is 0 Å². The van der Waals surface area contributed by atoms with Crippen LogP contribution in [0.2, 0.25) is 0 Å². The predicted octanol–water partition coefficient (Wildman–Crippen LogP) is 3.62. The predicted molar refractivity (Wildman–Crippen MR) is 88.9 cm³/mol. The van der Waals surface area contributed by atoms with Gasteiger partial charge in [0.15, 0.2) is 0 Å². The van der Waals surface area contributed by atoms with Crippen molar-refractivity contribution in [2.24, 2.45) is 5.92 Å². The molecule has 0 unspecified atom stereocenters. The first-order valence-corrected chi connectivity index (χ1v) is 8.24. The zero-order valence-corrected chi connectivity index (χ0v) is 13.0. The summed E-state index contributed by atoms with van der Waals surface area (Å²) in [5.74, 6) is 0.404. The maximum Gasteiger partial charge on any atom is 0.120 e. The van der Waals surface area contributed by atoms with Gasteiger partial charge in [-0.05, 0) is 37.3 Å². The fourth-order valence-electron chi connectivity index (χ4n) is 4.30. The van der Waals surface area contributed by atoms with Crippen molar-refractivity contribution in [1.29, 1.82) is 0 Å². The smallest absolute Gasteiger partial charge is 0.120 e. The first-order valence-electron chi connectivity index (χ1n) is 8.24. The number of para-hydroxylation sites is 1. The molecule has 3 nitrogen and oxygen atoms in total. The number of benzene rings is 1. The highest BCUT2D eigenvalue weighted by molar-refractivity contribution is 5.85. The SMILES string of the molecule is C/C=C1\CN2CCc3c([nH]c4ccccc34)[C@H]2C[C@H]1CC=O. The fraction of sp³-hybridized carbons (Fsp3) is 0.421. The maximum absolute atomic E-state index is 11.0. The Balaban J connectivity index is 1.75. The van der Waals surface area contributed by atoms with Crippen LogP contribution < -0.4 is 0 Å². The number of carbonyl (C=O) groups is 1. The molecular weight excluding hydrogens is 272 g/mol. The van der Waals surface area contributed by atoms with E-state index in [0.29, 0.717) is 18.4 Å². The standard InChI is InChI=1S/C19H22N2O/c1-2-13-12-21-9-7-16-15-5-3-4-6-17(15)20-19(16)18(21)11-14(13)8-10-22/h2-6,10,14,18,20H,7-9,11-12H2,1H3/b13-2+/t14-,18-/m1/s1. The zero-order chi connectivity index (χ0) is 15.1. The number of rotatable bonds is 2. The number of fused-ring (bicyclic) bond motifs is 5. The monoisotopic (exact) mass is 294 g/mol. The minimum Gasteiger partial charge on any atom is -0.357 e. The van der Waals surface area contributed by atoms with E-state index in [1.54, 1.807) is 0 Å². The topological polar surface area (TPSA) is 36.1 Å². The first kappa shape index (κ1) is 13.8. The molecule has 2 aliphatic rings. The molecule has 1 aromatic heterocycles. The third kappa shape index (κ3) is 2.03. The number of nitrogens with zero attached hydrogens (tertiary/aromatic N) is 1. The Hall–Kier alpha value is -1.87. The molecule has 0 saturated carbocycles. The molecule has 3 heteroatoms. The number of nitrogens with one attached hydrogen (secondary N) is 1. The number of hydrogen-bond acceptors (Lipinski definition) is 2. The van der Waals surface area contributed by atoms with Crippen LogP contribution in [0.25, 0.3) is 10.9 Å². The summed E-state index contributed by atoms with van der Waals surface area (Å²) in [7, 11) is 0. The quantitative estimate of drug-likeness (QED) is 0.678. The second-order valence-electron chi connectivity index (χ2n) is 6.50. The van der Waals surface area contributed by atoms with E-state index in [2.05, 4.69) is 47.1 Å². The van der Waals surface area contributed by atoms with Gasteiger partial charge in [-0.2, -0.15) is 0 Å². The van der Waals surface area contributed by atoms with Crippen molar-refractivity contribution in [2.45, 2.75) is 32.2 Å². The number of piperidine rings is 1. The van der Waals surface area contributed by atoms with Crippen LogP contribution in [0.3, 0.4) is 0 Å². The lowest BCUT2D eigenvalue weighted by molar-refractivity contribution is -0.108. The van der Waals surface area contributed by atoms with E-state index < -0.39 is 0 Å². The fourth-order valence-corrected chi connectivity index (χ4v) is 4.30. The van der Waals surface area contributed by atoms with Crippen LogP contribution in [0.4, 0.5) is 0 Å². The lowest BCUT2D eigenvalue weighted by Gasteiger charge is -2.43. The van der Waals surface area contributed by atoms with Gasteiger partial charge in [-0.15, -0.1) is 0 Å². The number of allylic oxidation sites excluding steroid dienone is 1. The van der Waals surface area contributed by atoms with Crippen LogP contribution in [-0.4, -0.2) is 29.3 Å². The van der Waals surface area contributed by atoms with Gasteiger partial charge < -0.3 is 9.78 Å². The van der Waals surface area contributed by atoms with Gasteiger partial charge in [0.25, 0.3) is 0 Å². The van der Waals surface area contributed by atoms with Crippen molar-refractivity contribution >= 4 is 17.2 Å². The average Bonchev–Trinajstić information content (AvgIpc) is 2.93. The molecule has 114 valence electrons. The van der Waals surface area contributed by atoms with Crippen molar-refractivity contribution in [1.82, 2.24) is 9.88 Å². The molecule has 1 N–H and O–H groups in total. The molecular formula is C19H22N2O. The molecule has 2 aliphatic heterocycles. The van der Waals surface area contributed by atoms with Crippen molar-refractivity contribution < 1.29 is 4.79 Å². The number of aromatic amines is 1. The first-order chi connectivity index (χ1) is 10.8. The highest BCUT2D eigenvalue weighted by Gasteiger charge is 2.37. The van der Waals surface area contributed by atoms with Gasteiger partial charge in [0, 0.05) is 36.1 Å². The van der Waals surface area contributed by atoms with Gasteiger partial charge in [-0.1, -0.05) is 29.8 Å². The summed E-state index contributed by atoms with van der Waals surface area (Å²) in [6, 6.07) is 9.04. The molecule has 2 aromatic rings. The number of carbonyl (C=O) groups excluding carboxylic acids is 1. The molecule has 2 atom stereocenters. The molecule has 3 heterocycles. The Morgan fingerprint density at radius 3 is 3.05 bits per heavy atom. The Labute approximate surface area is 131 Å². The number of hydrogen-bond donors (Lipinski definition) is 1. The molecule has 0 radical (unpaired) electrons. The maximum atomic E-state index is 11.0. The van der Waals surface area contributed by atoms with Gasteiger partial charge in [0.1, 0.15) is 6.29 Å². The molecule has 4 rings (SSSR count). The summed E-state index contributed by atoms with van der Waals surface area (Å²) in [6.07, 6.45) is 6.12. The third-order valence-electron chi connectivity index (χ3n) is 5.44. The van der Waals surface area contributed by atoms with Gasteiger partial charge in [-0.25, -0.2) is 0 Å². The molecule has 1 fully saturated rings. The largest absolute Gasteiger partial charge is 0.357 e. The normalized spacial score (nSPS) is 26.9. The molecule has 22 heavy (non-hydrogen) atoms. The summed E-state index contributed by atoms with van der Waals surface area (Å²) >= 11 is 0. The van der Waals surface area contributed by atoms with E-state index in [9.17, 15) is 4.79 Å². The molecule has 0 amide bonds. The van der Waals surface area contributed by atoms with Crippen LogP contribution in [0, 0.1) is 5.92 Å². The van der Waals surface area contributed by atoms with Crippen LogP contribution in [0.15, 0.2) is 35.9 Å². The molecule has 1 aromatic carbocycles. The summed E-state index contributed by atoms with van der Waals surface area (Å²) in [5.41, 5.74) is 5.56. The van der Waals surface area contributed by atoms with Crippen molar-refractivity contribution in [3.05, 3.63) is 47.2 Å². The van der Waals surface area contributed by atoms with Gasteiger partial charge >= 0.3 is 0 Å². The molecule has 1 saturated heterocycles. The van der Waals surface area contributed by atoms with Crippen molar-refractivity contribution in [2.75, 3.05) is 13.1 Å². The van der Waals surface area contributed by atoms with E-state index in [0.717, 1.165) is 32.2 Å². The number of aromatic nitrogens is 1. The van der Waals surface area contributed by atoms with E-state index >= 15 is 0 Å². The molecule has 0 bridgehead atoms. The van der Waals surface area contributed by atoms with Gasteiger partial charge in [0.05, 0.1) is 6.04 Å². The van der Waals surface area contributed by atoms with Crippen LogP contribution >= 0.6 is 0 Å². The minimum atomic E-state index is 0.404. The second kappa shape index (κ2) is 5.40. The highest BCUT2D eigenvalue weighted by atomic mass is 16.1. The van der Waals surface area contributed by atoms with E-state index in [-0.39, 0.29) is 0 Å². The van der Waals surface area contributed by atoms with E-state index in [1.165, 1.54) is 27.7 Å². The molecule has 0 aliphatic carbocycles. The van der Waals surface area contributed by atoms with Crippen LogP contribution in [0.5, 0.6) is 0 Å². The second-order valence-corrected chi connectivity index (χ2v) is 6.50. The summed E-state index contributed by atoms with van der Waals surface area (Å²) < 4.78 is 0. The van der Waals surface area contributed by atoms with Crippen LogP contribution in [-0.2, 0) is 11.2 Å². The summed E-state index contributed by atoms with van der Waals surface area (Å²) in [5, 5.41) is 1.38. The Morgan fingerprint density at radius 1 is 1.36 bits per heavy atom. The van der Waals surface area contributed by atoms with E-state index in [1.807, 2.05) is 0 Å². The third-order valence-corrected chi connectivity index (χ3v) is 5.44. The van der Waals surface area contributed by atoms with Gasteiger partial charge in [-0.3, -0.25) is 4.90 Å². The highest BCUT2D eigenvalue weighted by Crippen LogP contribution is 2.43. The summed E-state index contributed by atoms with van der Waals surface area (Å²) in [6.45, 7) is 4.23. The Kier molecular flexibility index (Phi) is 3.38. The minimum absolute atomic E-state index is 0.404. The number of aldehydes is 1. The van der Waals surface area contributed by atoms with Gasteiger partial charge in [0.2, 0.25) is 0 Å². The van der Waals surface area contributed by atoms with E-state index in [4.69, 9.17) is 0 Å². The zero-order valence-electron chi connectivity index (χ0n) is 13.0. The lowest BCUT2D eigenvalue weighted by atomic mass is 9.80. The summed E-state index contributed by atoms with van der Waals surface area (Å²) in [4.78, 5) is 17.3. The Morgan fingerprint density at radius 2 is 2.23 bits per heavy atom. The lowest BCUT2D eigenvalue weighted by Crippen LogP contribution is -2.42. The van der Waals surface area contributed by atoms with Crippen molar-refractivity contribution in [3.63, 3.8) is 0 Å². The molecule has 0 spiro atoms. The average molecular weight is 294 g/mol.